The lowest BCUT2D eigenvalue weighted by atomic mass is 9.95. The van der Waals surface area contributed by atoms with Crippen LogP contribution in [0.3, 0.4) is 0 Å². The number of furan rings is 1. The van der Waals surface area contributed by atoms with E-state index in [0.717, 1.165) is 28.6 Å². The molecular formula is C23H15FN2O4. The van der Waals surface area contributed by atoms with E-state index >= 15 is 0 Å². The maximum atomic E-state index is 13.9. The number of nitrogens with one attached hydrogen (secondary N) is 1. The lowest BCUT2D eigenvalue weighted by Crippen LogP contribution is -2.22. The molecule has 2 aromatic heterocycles. The summed E-state index contributed by atoms with van der Waals surface area (Å²) in [6.45, 7) is 0.619. The summed E-state index contributed by atoms with van der Waals surface area (Å²) in [7, 11) is 1.90. The third-order valence-electron chi connectivity index (χ3n) is 5.82. The van der Waals surface area contributed by atoms with Crippen molar-refractivity contribution in [3.63, 3.8) is 0 Å². The second-order valence-electron chi connectivity index (χ2n) is 7.51. The summed E-state index contributed by atoms with van der Waals surface area (Å²) >= 11 is 0. The van der Waals surface area contributed by atoms with E-state index in [1.807, 2.05) is 29.9 Å². The molecule has 4 aromatic rings. The number of carbonyl (C=O) groups is 2. The van der Waals surface area contributed by atoms with Crippen LogP contribution in [-0.2, 0) is 23.1 Å². The predicted molar refractivity (Wildman–Crippen MR) is 108 cm³/mol. The molecule has 2 aromatic carbocycles. The Labute approximate surface area is 169 Å². The van der Waals surface area contributed by atoms with Crippen molar-refractivity contribution in [1.82, 2.24) is 9.88 Å². The molecule has 0 fully saturated rings. The normalized spacial score (nSPS) is 15.9. The Balaban J connectivity index is 1.67. The fourth-order valence-electron chi connectivity index (χ4n) is 4.57. The van der Waals surface area contributed by atoms with Gasteiger partial charge in [0.25, 0.3) is 11.8 Å². The number of amides is 2. The summed E-state index contributed by atoms with van der Waals surface area (Å²) in [5.74, 6) is -0.612. The Kier molecular flexibility index (Phi) is 3.30. The monoisotopic (exact) mass is 402 g/mol. The molecule has 0 saturated heterocycles. The number of fused-ring (bicyclic) bond motifs is 4. The van der Waals surface area contributed by atoms with E-state index in [2.05, 4.69) is 5.32 Å². The minimum atomic E-state index is -0.525. The molecule has 0 spiro atoms. The van der Waals surface area contributed by atoms with Crippen molar-refractivity contribution in [2.24, 2.45) is 7.05 Å². The van der Waals surface area contributed by atoms with E-state index in [9.17, 15) is 14.0 Å². The molecule has 6 nitrogen and oxygen atoms in total. The van der Waals surface area contributed by atoms with Gasteiger partial charge in [-0.25, -0.2) is 4.39 Å². The van der Waals surface area contributed by atoms with Gasteiger partial charge in [-0.05, 0) is 30.3 Å². The zero-order valence-corrected chi connectivity index (χ0v) is 15.9. The molecule has 0 bridgehead atoms. The van der Waals surface area contributed by atoms with Gasteiger partial charge in [0.15, 0.2) is 0 Å². The topological polar surface area (TPSA) is 73.5 Å². The van der Waals surface area contributed by atoms with Gasteiger partial charge in [-0.2, -0.15) is 0 Å². The summed E-state index contributed by atoms with van der Waals surface area (Å²) in [4.78, 5) is 25.6. The van der Waals surface area contributed by atoms with Crippen molar-refractivity contribution in [2.45, 2.75) is 6.42 Å². The summed E-state index contributed by atoms with van der Waals surface area (Å²) in [6.07, 6.45) is 4.03. The van der Waals surface area contributed by atoms with Crippen molar-refractivity contribution in [3.05, 3.63) is 65.3 Å². The van der Waals surface area contributed by atoms with Crippen LogP contribution in [0.1, 0.15) is 16.7 Å². The fraction of sp³-hybridized carbons (Fsp3) is 0.130. The number of aryl methyl sites for hydroxylation is 1. The molecule has 2 amide bonds. The molecule has 0 saturated carbocycles. The first-order valence-corrected chi connectivity index (χ1v) is 9.54. The number of rotatable bonds is 2. The van der Waals surface area contributed by atoms with Crippen molar-refractivity contribution in [3.8, 4) is 5.75 Å². The van der Waals surface area contributed by atoms with Gasteiger partial charge in [0, 0.05) is 47.1 Å². The largest absolute Gasteiger partial charge is 0.493 e. The van der Waals surface area contributed by atoms with E-state index in [1.165, 1.54) is 24.5 Å². The van der Waals surface area contributed by atoms with E-state index in [4.69, 9.17) is 9.15 Å². The number of hydrogen-bond donors (Lipinski definition) is 1. The van der Waals surface area contributed by atoms with Gasteiger partial charge in [-0.15, -0.1) is 0 Å². The first kappa shape index (κ1) is 17.0. The molecule has 2 aliphatic rings. The molecule has 2 aliphatic heterocycles. The highest BCUT2D eigenvalue weighted by Gasteiger charge is 2.36. The van der Waals surface area contributed by atoms with Crippen LogP contribution in [0.5, 0.6) is 5.75 Å². The Morgan fingerprint density at radius 3 is 2.67 bits per heavy atom. The van der Waals surface area contributed by atoms with E-state index in [0.29, 0.717) is 28.7 Å². The second-order valence-corrected chi connectivity index (χ2v) is 7.51. The molecule has 6 rings (SSSR count). The molecule has 7 heteroatoms. The van der Waals surface area contributed by atoms with Gasteiger partial charge in [0.05, 0.1) is 29.5 Å². The molecule has 0 unspecified atom stereocenters. The zero-order valence-electron chi connectivity index (χ0n) is 15.9. The minimum absolute atomic E-state index is 0.189. The van der Waals surface area contributed by atoms with E-state index in [-0.39, 0.29) is 11.1 Å². The van der Waals surface area contributed by atoms with Crippen molar-refractivity contribution in [1.29, 1.82) is 0 Å². The third kappa shape index (κ3) is 2.17. The Morgan fingerprint density at radius 2 is 1.83 bits per heavy atom. The molecule has 4 heterocycles. The third-order valence-corrected chi connectivity index (χ3v) is 5.82. The number of halogens is 1. The Bertz CT molecular complexity index is 1460. The summed E-state index contributed by atoms with van der Waals surface area (Å²) in [5.41, 5.74) is 3.99. The molecule has 0 aliphatic carbocycles. The Morgan fingerprint density at radius 1 is 1.03 bits per heavy atom. The van der Waals surface area contributed by atoms with Crippen LogP contribution in [0.25, 0.3) is 33.0 Å². The number of benzene rings is 2. The highest BCUT2D eigenvalue weighted by atomic mass is 19.1. The predicted octanol–water partition coefficient (Wildman–Crippen LogP) is 3.57. The van der Waals surface area contributed by atoms with Gasteiger partial charge < -0.3 is 13.7 Å². The molecular weight excluding hydrogens is 387 g/mol. The van der Waals surface area contributed by atoms with Crippen LogP contribution in [0, 0.1) is 5.82 Å². The van der Waals surface area contributed by atoms with Crippen LogP contribution >= 0.6 is 0 Å². The number of carbonyl (C=O) groups excluding carboxylic acids is 2. The molecule has 148 valence electrons. The van der Waals surface area contributed by atoms with E-state index in [1.54, 1.807) is 0 Å². The van der Waals surface area contributed by atoms with E-state index < -0.39 is 17.6 Å². The lowest BCUT2D eigenvalue weighted by Gasteiger charge is -2.04. The smallest absolute Gasteiger partial charge is 0.259 e. The zero-order chi connectivity index (χ0) is 20.6. The van der Waals surface area contributed by atoms with Gasteiger partial charge >= 0.3 is 0 Å². The van der Waals surface area contributed by atoms with Crippen molar-refractivity contribution in [2.75, 3.05) is 6.61 Å². The van der Waals surface area contributed by atoms with Crippen LogP contribution in [0.15, 0.2) is 47.2 Å². The highest BCUT2D eigenvalue weighted by molar-refractivity contribution is 6.50. The molecule has 1 N–H and O–H groups in total. The van der Waals surface area contributed by atoms with Crippen molar-refractivity contribution < 1.29 is 23.1 Å². The number of nitrogens with zero attached hydrogens (tertiary/aromatic N) is 1. The molecule has 30 heavy (non-hydrogen) atoms. The van der Waals surface area contributed by atoms with Gasteiger partial charge in [0.1, 0.15) is 17.1 Å². The summed E-state index contributed by atoms with van der Waals surface area (Å²) in [6, 6.07) is 7.90. The first-order valence-electron chi connectivity index (χ1n) is 9.54. The molecule has 0 radical (unpaired) electrons. The first-order chi connectivity index (χ1) is 14.5. The quantitative estimate of drug-likeness (QED) is 0.521. The molecule has 0 atom stereocenters. The average molecular weight is 402 g/mol. The fourth-order valence-corrected chi connectivity index (χ4v) is 4.57. The van der Waals surface area contributed by atoms with Crippen LogP contribution in [-0.4, -0.2) is 23.0 Å². The van der Waals surface area contributed by atoms with Gasteiger partial charge in [-0.3, -0.25) is 14.9 Å². The number of imide groups is 1. The van der Waals surface area contributed by atoms with Crippen LogP contribution in [0.4, 0.5) is 4.39 Å². The SMILES string of the molecule is Cn1cc(C2=C(c3coc4ccc(F)cc34)C(=O)NC2=O)c2ccc3c(c21)CCO3. The van der Waals surface area contributed by atoms with Crippen LogP contribution in [0.2, 0.25) is 0 Å². The number of aromatic nitrogens is 1. The maximum absolute atomic E-state index is 13.9. The van der Waals surface area contributed by atoms with Crippen LogP contribution < -0.4 is 10.1 Å². The Hall–Kier alpha value is -3.87. The number of ether oxygens (including phenoxy) is 1. The second kappa shape index (κ2) is 5.82. The highest BCUT2D eigenvalue weighted by Crippen LogP contribution is 2.41. The number of hydrogen-bond acceptors (Lipinski definition) is 4. The van der Waals surface area contributed by atoms with Crippen molar-refractivity contribution >= 4 is 44.8 Å². The lowest BCUT2D eigenvalue weighted by molar-refractivity contribution is -0.122. The minimum Gasteiger partial charge on any atom is -0.493 e. The summed E-state index contributed by atoms with van der Waals surface area (Å²) < 4.78 is 27.0. The summed E-state index contributed by atoms with van der Waals surface area (Å²) in [5, 5.41) is 3.69. The standard InChI is InChI=1S/C23H15FN2O4/c1-26-9-15(12-3-5-17-13(21(12)26)6-7-29-17)19-20(23(28)25-22(19)27)16-10-30-18-4-2-11(24)8-14(16)18/h2-5,8-10H,6-7H2,1H3,(H,25,27,28). The average Bonchev–Trinajstić information content (AvgIpc) is 3.46. The van der Waals surface area contributed by atoms with Gasteiger partial charge in [0.2, 0.25) is 0 Å². The van der Waals surface area contributed by atoms with Gasteiger partial charge in [-0.1, -0.05) is 0 Å². The maximum Gasteiger partial charge on any atom is 0.259 e.